The van der Waals surface area contributed by atoms with Crippen molar-refractivity contribution in [3.05, 3.63) is 81.8 Å². The van der Waals surface area contributed by atoms with Gasteiger partial charge in [0.15, 0.2) is 0 Å². The average molecular weight is 496 g/mol. The van der Waals surface area contributed by atoms with Crippen molar-refractivity contribution in [1.82, 2.24) is 0 Å². The number of amides is 1. The van der Waals surface area contributed by atoms with Crippen LogP contribution in [0.1, 0.15) is 10.4 Å². The van der Waals surface area contributed by atoms with Gasteiger partial charge >= 0.3 is 0 Å². The maximum Gasteiger partial charge on any atom is 0.262 e. The molecule has 0 bridgehead atoms. The van der Waals surface area contributed by atoms with Gasteiger partial charge in [-0.15, -0.1) is 0 Å². The molecule has 0 heterocycles. The van der Waals surface area contributed by atoms with Gasteiger partial charge in [0.1, 0.15) is 5.75 Å². The van der Waals surface area contributed by atoms with Crippen LogP contribution in [0, 0.1) is 0 Å². The van der Waals surface area contributed by atoms with Crippen LogP contribution in [0.15, 0.2) is 76.1 Å². The number of rotatable bonds is 6. The monoisotopic (exact) mass is 494 g/mol. The summed E-state index contributed by atoms with van der Waals surface area (Å²) in [7, 11) is -2.44. The highest BCUT2D eigenvalue weighted by Crippen LogP contribution is 2.27. The molecule has 9 heteroatoms. The summed E-state index contributed by atoms with van der Waals surface area (Å²) in [5.74, 6) is -0.0617. The van der Waals surface area contributed by atoms with Crippen LogP contribution in [0.25, 0.3) is 0 Å². The van der Waals surface area contributed by atoms with E-state index in [1.165, 1.54) is 25.3 Å². The third-order valence-corrected chi connectivity index (χ3v) is 6.11. The molecule has 3 rings (SSSR count). The normalized spacial score (nSPS) is 11.0. The maximum atomic E-state index is 12.8. The van der Waals surface area contributed by atoms with Crippen LogP contribution >= 0.6 is 27.5 Å². The molecule has 0 aliphatic heterocycles. The molecule has 0 aliphatic carbocycles. The van der Waals surface area contributed by atoms with E-state index in [0.717, 1.165) is 0 Å². The smallest absolute Gasteiger partial charge is 0.262 e. The molecule has 150 valence electrons. The van der Waals surface area contributed by atoms with Crippen LogP contribution < -0.4 is 14.8 Å². The second-order valence-corrected chi connectivity index (χ2v) is 8.92. The minimum absolute atomic E-state index is 0.0125. The minimum atomic E-state index is -3.90. The Morgan fingerprint density at radius 3 is 2.55 bits per heavy atom. The van der Waals surface area contributed by atoms with E-state index in [0.29, 0.717) is 21.6 Å². The summed E-state index contributed by atoms with van der Waals surface area (Å²) in [5.41, 5.74) is 0.890. The number of ether oxygens (including phenoxy) is 1. The lowest BCUT2D eigenvalue weighted by molar-refractivity contribution is 0.102. The number of halogens is 2. The molecule has 3 aromatic rings. The number of hydrogen-bond acceptors (Lipinski definition) is 4. The average Bonchev–Trinajstić information content (AvgIpc) is 2.70. The van der Waals surface area contributed by atoms with Crippen LogP contribution in [0.5, 0.6) is 5.75 Å². The highest BCUT2D eigenvalue weighted by atomic mass is 79.9. The van der Waals surface area contributed by atoms with Crippen molar-refractivity contribution < 1.29 is 17.9 Å². The van der Waals surface area contributed by atoms with Crippen molar-refractivity contribution in [1.29, 1.82) is 0 Å². The fourth-order valence-electron chi connectivity index (χ4n) is 2.54. The molecule has 0 radical (unpaired) electrons. The third-order valence-electron chi connectivity index (χ3n) is 3.93. The summed E-state index contributed by atoms with van der Waals surface area (Å²) in [6, 6.07) is 17.5. The molecular formula is C20H16BrClN2O4S. The summed E-state index contributed by atoms with van der Waals surface area (Å²) in [5, 5.41) is 2.95. The predicted molar refractivity (Wildman–Crippen MR) is 117 cm³/mol. The van der Waals surface area contributed by atoms with Crippen LogP contribution in [0.3, 0.4) is 0 Å². The van der Waals surface area contributed by atoms with Crippen molar-refractivity contribution in [3.8, 4) is 5.75 Å². The number of carbonyl (C=O) groups is 1. The van der Waals surface area contributed by atoms with Crippen molar-refractivity contribution in [2.24, 2.45) is 0 Å². The van der Waals surface area contributed by atoms with Gasteiger partial charge in [0.2, 0.25) is 0 Å². The standard InChI is InChI=1S/C20H16BrClN2O4S/c1-28-19-8-3-2-7-18(19)24-29(26,27)15-6-4-5-14(12-15)23-20(25)16-11-13(21)9-10-17(16)22/h2-12,24H,1H3,(H,23,25). The second-order valence-electron chi connectivity index (χ2n) is 5.91. The Morgan fingerprint density at radius 1 is 1.03 bits per heavy atom. The molecule has 0 fully saturated rings. The van der Waals surface area contributed by atoms with E-state index in [1.54, 1.807) is 48.5 Å². The summed E-state index contributed by atoms with van der Waals surface area (Å²) in [4.78, 5) is 12.5. The molecule has 0 atom stereocenters. The topological polar surface area (TPSA) is 84.5 Å². The SMILES string of the molecule is COc1ccccc1NS(=O)(=O)c1cccc(NC(=O)c2cc(Br)ccc2Cl)c1. The molecule has 1 amide bonds. The zero-order valence-corrected chi connectivity index (χ0v) is 18.3. The zero-order chi connectivity index (χ0) is 21.0. The lowest BCUT2D eigenvalue weighted by Gasteiger charge is -2.13. The highest BCUT2D eigenvalue weighted by molar-refractivity contribution is 9.10. The summed E-state index contributed by atoms with van der Waals surface area (Å²) in [6.45, 7) is 0. The van der Waals surface area contributed by atoms with E-state index in [1.807, 2.05) is 0 Å². The lowest BCUT2D eigenvalue weighted by atomic mass is 10.2. The fraction of sp³-hybridized carbons (Fsp3) is 0.0500. The molecular weight excluding hydrogens is 480 g/mol. The molecule has 0 aromatic heterocycles. The van der Waals surface area contributed by atoms with E-state index in [4.69, 9.17) is 16.3 Å². The molecule has 0 saturated carbocycles. The second kappa shape index (κ2) is 8.86. The van der Waals surface area contributed by atoms with Gasteiger partial charge in [0, 0.05) is 10.2 Å². The first-order chi connectivity index (χ1) is 13.8. The molecule has 2 N–H and O–H groups in total. The van der Waals surface area contributed by atoms with Crippen molar-refractivity contribution >= 4 is 54.8 Å². The van der Waals surface area contributed by atoms with Gasteiger partial charge < -0.3 is 10.1 Å². The number of anilines is 2. The van der Waals surface area contributed by atoms with E-state index >= 15 is 0 Å². The summed E-state index contributed by atoms with van der Waals surface area (Å²) < 4.78 is 33.9. The maximum absolute atomic E-state index is 12.8. The molecule has 29 heavy (non-hydrogen) atoms. The van der Waals surface area contributed by atoms with E-state index < -0.39 is 15.9 Å². The first-order valence-corrected chi connectivity index (χ1v) is 11.0. The van der Waals surface area contributed by atoms with Gasteiger partial charge in [0.05, 0.1) is 28.3 Å². The number of carbonyl (C=O) groups excluding carboxylic acids is 1. The van der Waals surface area contributed by atoms with E-state index in [9.17, 15) is 13.2 Å². The Labute approximate surface area is 182 Å². The van der Waals surface area contributed by atoms with Crippen LogP contribution in [-0.2, 0) is 10.0 Å². The van der Waals surface area contributed by atoms with E-state index in [-0.39, 0.29) is 15.5 Å². The largest absolute Gasteiger partial charge is 0.495 e. The Morgan fingerprint density at radius 2 is 1.79 bits per heavy atom. The number of hydrogen-bond donors (Lipinski definition) is 2. The summed E-state index contributed by atoms with van der Waals surface area (Å²) in [6.07, 6.45) is 0. The first-order valence-electron chi connectivity index (χ1n) is 8.32. The van der Waals surface area contributed by atoms with Crippen LogP contribution in [0.4, 0.5) is 11.4 Å². The quantitative estimate of drug-likeness (QED) is 0.494. The lowest BCUT2D eigenvalue weighted by Crippen LogP contribution is -2.15. The summed E-state index contributed by atoms with van der Waals surface area (Å²) >= 11 is 9.38. The van der Waals surface area contributed by atoms with Gasteiger partial charge in [-0.3, -0.25) is 9.52 Å². The number of para-hydroxylation sites is 2. The Bertz CT molecular complexity index is 1170. The molecule has 0 aliphatic rings. The van der Waals surface area contributed by atoms with Crippen molar-refractivity contribution in [2.45, 2.75) is 4.90 Å². The molecule has 0 saturated heterocycles. The number of methoxy groups -OCH3 is 1. The third kappa shape index (κ3) is 5.09. The Balaban J connectivity index is 1.85. The minimum Gasteiger partial charge on any atom is -0.495 e. The molecule has 0 unspecified atom stereocenters. The molecule has 0 spiro atoms. The fourth-order valence-corrected chi connectivity index (χ4v) is 4.22. The Hall–Kier alpha value is -2.55. The van der Waals surface area contributed by atoms with Gasteiger partial charge in [-0.25, -0.2) is 8.42 Å². The zero-order valence-electron chi connectivity index (χ0n) is 15.1. The van der Waals surface area contributed by atoms with Crippen molar-refractivity contribution in [3.63, 3.8) is 0 Å². The molecule has 3 aromatic carbocycles. The number of sulfonamides is 1. The van der Waals surface area contributed by atoms with Crippen LogP contribution in [-0.4, -0.2) is 21.4 Å². The van der Waals surface area contributed by atoms with Gasteiger partial charge in [-0.2, -0.15) is 0 Å². The number of nitrogens with one attached hydrogen (secondary N) is 2. The van der Waals surface area contributed by atoms with Gasteiger partial charge in [-0.1, -0.05) is 45.7 Å². The van der Waals surface area contributed by atoms with Gasteiger partial charge in [-0.05, 0) is 48.5 Å². The van der Waals surface area contributed by atoms with Gasteiger partial charge in [0.25, 0.3) is 15.9 Å². The van der Waals surface area contributed by atoms with E-state index in [2.05, 4.69) is 26.0 Å². The molecule has 6 nitrogen and oxygen atoms in total. The Kier molecular flexibility index (Phi) is 6.46. The highest BCUT2D eigenvalue weighted by Gasteiger charge is 2.18. The number of benzene rings is 3. The first kappa shape index (κ1) is 21.2. The van der Waals surface area contributed by atoms with Crippen LogP contribution in [0.2, 0.25) is 5.02 Å². The predicted octanol–water partition coefficient (Wildman–Crippen LogP) is 5.16. The van der Waals surface area contributed by atoms with Crippen molar-refractivity contribution in [2.75, 3.05) is 17.1 Å².